The molecule has 0 spiro atoms. The van der Waals surface area contributed by atoms with E-state index in [1.165, 1.54) is 0 Å². The Balaban J connectivity index is 0. The zero-order valence-electron chi connectivity index (χ0n) is 2.89. The summed E-state index contributed by atoms with van der Waals surface area (Å²) in [6.45, 7) is 0. The van der Waals surface area contributed by atoms with Crippen LogP contribution in [-0.2, 0) is 0 Å². The summed E-state index contributed by atoms with van der Waals surface area (Å²) in [6, 6.07) is 0. The fourth-order valence-electron chi connectivity index (χ4n) is 0. The second-order valence-electron chi connectivity index (χ2n) is 0. The standard InChI is InChI=1S/2K.N.P. The number of nitrogens with zero attached hydrogens (tertiary/aromatic N) is 1. The molecule has 0 aliphatic carbocycles. The average Bonchev–Trinajstić information content (AvgIpc) is 0. The van der Waals surface area contributed by atoms with Crippen LogP contribution in [0.25, 0.3) is 0 Å². The Morgan fingerprint density at radius 1 is 0.750 bits per heavy atom. The number of hydrogen-bond donors (Lipinski definition) is 0. The number of hydrogen-bond acceptors (Lipinski definition) is 0. The van der Waals surface area contributed by atoms with Gasteiger partial charge in [-0.3, -0.25) is 0 Å². The minimum absolute atomic E-state index is 0. The third-order valence-electron chi connectivity index (χ3n) is 0. The van der Waals surface area contributed by atoms with E-state index in [2.05, 4.69) is 0 Å². The second-order valence-corrected chi connectivity index (χ2v) is 0. The van der Waals surface area contributed by atoms with Gasteiger partial charge < -0.3 is 0 Å². The summed E-state index contributed by atoms with van der Waals surface area (Å²) in [4.78, 5) is 0. The zero-order valence-corrected chi connectivity index (χ0v) is 10.0. The first-order chi connectivity index (χ1) is 0. The molecule has 0 atom stereocenters. The van der Waals surface area contributed by atoms with E-state index in [1.54, 1.807) is 0 Å². The van der Waals surface area contributed by atoms with E-state index in [0.717, 1.165) is 0 Å². The Labute approximate surface area is 115 Å². The van der Waals surface area contributed by atoms with Crippen LogP contribution in [0.5, 0.6) is 0 Å². The van der Waals surface area contributed by atoms with E-state index in [4.69, 9.17) is 0 Å². The second kappa shape index (κ2) is 15.9. The van der Waals surface area contributed by atoms with Gasteiger partial charge in [-0.25, -0.2) is 0 Å². The first-order valence-electron chi connectivity index (χ1n) is 0. The van der Waals surface area contributed by atoms with Crippen molar-refractivity contribution in [2.45, 2.75) is 0 Å². The van der Waals surface area contributed by atoms with Crippen molar-refractivity contribution < 1.29 is 0 Å². The van der Waals surface area contributed by atoms with Crippen molar-refractivity contribution in [2.75, 3.05) is 0 Å². The molecule has 4 heteroatoms. The largest absolute Gasteiger partial charge is 0 e. The molecular weight excluding hydrogens is 123 g/mol. The molecule has 0 aromatic heterocycles. The van der Waals surface area contributed by atoms with Gasteiger partial charge in [-0.15, -0.1) is 0 Å². The van der Waals surface area contributed by atoms with E-state index in [-0.39, 0.29) is 119 Å². The van der Waals surface area contributed by atoms with Crippen LogP contribution in [0.2, 0.25) is 0 Å². The summed E-state index contributed by atoms with van der Waals surface area (Å²) in [7, 11) is 0. The van der Waals surface area contributed by atoms with E-state index >= 15 is 0 Å². The van der Waals surface area contributed by atoms with Gasteiger partial charge in [0.25, 0.3) is 0 Å². The van der Waals surface area contributed by atoms with E-state index in [0.29, 0.717) is 0 Å². The van der Waals surface area contributed by atoms with Crippen LogP contribution in [-0.4, -0.2) is 103 Å². The van der Waals surface area contributed by atoms with E-state index < -0.39 is 0 Å². The maximum absolute atomic E-state index is 0. The maximum Gasteiger partial charge on any atom is 0 e. The van der Waals surface area contributed by atoms with Gasteiger partial charge in [0.2, 0.25) is 0 Å². The Morgan fingerprint density at radius 3 is 0.750 bits per heavy atom. The summed E-state index contributed by atoms with van der Waals surface area (Å²) in [5, 5.41) is 0. The molecular formula is K2NP. The summed E-state index contributed by atoms with van der Waals surface area (Å²) >= 11 is 0. The SMILES string of the molecule is [K].[K].[N].[P]. The minimum atomic E-state index is 0. The summed E-state index contributed by atoms with van der Waals surface area (Å²) in [5.74, 6) is 0. The van der Waals surface area contributed by atoms with Gasteiger partial charge in [-0.2, -0.15) is 0 Å². The van der Waals surface area contributed by atoms with Crippen LogP contribution in [0, 0.1) is 0 Å². The van der Waals surface area contributed by atoms with Crippen molar-refractivity contribution in [1.29, 1.82) is 0 Å². The Kier molecular flexibility index (Phi) is 101. The van der Waals surface area contributed by atoms with Gasteiger partial charge in [0.15, 0.2) is 0 Å². The van der Waals surface area contributed by atoms with Gasteiger partial charge in [0, 0.05) is 119 Å². The van der Waals surface area contributed by atoms with Crippen molar-refractivity contribution in [3.8, 4) is 0 Å². The van der Waals surface area contributed by atoms with Crippen molar-refractivity contribution in [3.63, 3.8) is 0 Å². The molecule has 0 saturated carbocycles. The van der Waals surface area contributed by atoms with Crippen LogP contribution in [0.1, 0.15) is 0 Å². The third kappa shape index (κ3) is 9.18. The molecule has 0 heterocycles. The van der Waals surface area contributed by atoms with Crippen LogP contribution in [0.3, 0.4) is 0 Å². The van der Waals surface area contributed by atoms with Gasteiger partial charge in [0.05, 0.1) is 0 Å². The molecule has 0 fully saturated rings. The molecule has 0 N–H and O–H groups in total. The molecule has 4 heavy (non-hydrogen) atoms. The van der Waals surface area contributed by atoms with Gasteiger partial charge >= 0.3 is 0 Å². The van der Waals surface area contributed by atoms with Gasteiger partial charge in [-0.1, -0.05) is 0 Å². The first-order valence-corrected chi connectivity index (χ1v) is 0. The third-order valence-corrected chi connectivity index (χ3v) is 0. The van der Waals surface area contributed by atoms with Gasteiger partial charge in [0.1, 0.15) is 0 Å². The van der Waals surface area contributed by atoms with E-state index in [9.17, 15) is 0 Å². The molecule has 0 rings (SSSR count). The van der Waals surface area contributed by atoms with Crippen LogP contribution in [0.15, 0.2) is 0 Å². The topological polar surface area (TPSA) is 30.5 Å². The quantitative estimate of drug-likeness (QED) is 0.310. The molecule has 0 amide bonds. The molecule has 8 radical (unpaired) electrons. The molecule has 0 unspecified atom stereocenters. The van der Waals surface area contributed by atoms with Gasteiger partial charge in [-0.05, 0) is 0 Å². The average molecular weight is 123 g/mol. The van der Waals surface area contributed by atoms with E-state index in [1.807, 2.05) is 0 Å². The Hall–Kier alpha value is 3.66. The molecule has 0 aromatic rings. The molecule has 0 bridgehead atoms. The molecule has 1 nitrogen and oxygen atoms in total. The summed E-state index contributed by atoms with van der Waals surface area (Å²) in [6.07, 6.45) is 0. The van der Waals surface area contributed by atoms with Crippen molar-refractivity contribution in [3.05, 3.63) is 0 Å². The van der Waals surface area contributed by atoms with Crippen molar-refractivity contribution in [1.82, 2.24) is 6.15 Å². The maximum atomic E-state index is 0. The van der Waals surface area contributed by atoms with Crippen molar-refractivity contribution in [2.24, 2.45) is 0 Å². The summed E-state index contributed by atoms with van der Waals surface area (Å²) < 4.78 is 0. The zero-order chi connectivity index (χ0) is 0. The first kappa shape index (κ1) is 25.4. The van der Waals surface area contributed by atoms with Crippen LogP contribution >= 0.6 is 9.90 Å². The smallest absolute Gasteiger partial charge is 0 e. The molecule has 12 valence electrons. The van der Waals surface area contributed by atoms with Crippen molar-refractivity contribution >= 4 is 113 Å². The van der Waals surface area contributed by atoms with Crippen LogP contribution in [0.4, 0.5) is 0 Å². The fourth-order valence-corrected chi connectivity index (χ4v) is 0. The predicted octanol–water partition coefficient (Wildman–Crippen LogP) is -0.381. The Morgan fingerprint density at radius 2 is 0.750 bits per heavy atom. The normalized spacial score (nSPS) is 0. The monoisotopic (exact) mass is 123 g/mol. The molecule has 0 aromatic carbocycles. The fraction of sp³-hybridized carbons (Fsp3) is 0. The summed E-state index contributed by atoms with van der Waals surface area (Å²) in [5.41, 5.74) is 0. The molecule has 0 aliphatic heterocycles. The molecule has 0 saturated heterocycles. The minimum Gasteiger partial charge on any atom is 0 e. The Bertz CT molecular complexity index is 6.00. The van der Waals surface area contributed by atoms with Crippen LogP contribution < -0.4 is 6.15 Å². The number of rotatable bonds is 0. The molecule has 0 aliphatic rings. The predicted molar refractivity (Wildman–Crippen MR) is 20.6 cm³/mol.